The molecule has 2 aromatic heterocycles. The number of alkyl halides is 2. The fourth-order valence-electron chi connectivity index (χ4n) is 8.63. The predicted molar refractivity (Wildman–Crippen MR) is 233 cm³/mol. The quantitative estimate of drug-likeness (QED) is 0.0700. The number of para-hydroxylation sites is 1. The Bertz CT molecular complexity index is 2470. The second-order valence-electron chi connectivity index (χ2n) is 16.3. The van der Waals surface area contributed by atoms with E-state index in [2.05, 4.69) is 20.6 Å². The third kappa shape index (κ3) is 9.99. The molecule has 63 heavy (non-hydrogen) atoms. The van der Waals surface area contributed by atoms with Crippen molar-refractivity contribution in [1.29, 1.82) is 0 Å². The van der Waals surface area contributed by atoms with Crippen LogP contribution in [0.2, 0.25) is 0 Å². The Hall–Kier alpha value is -5.94. The number of aliphatic hydroxyl groups excluding tert-OH is 1. The Morgan fingerprint density at radius 2 is 1.75 bits per heavy atom. The van der Waals surface area contributed by atoms with Gasteiger partial charge in [0.25, 0.3) is 11.8 Å². The number of carbonyl (C=O) groups excluding carboxylic acids is 3. The maximum atomic E-state index is 14.3. The third-order valence-corrected chi connectivity index (χ3v) is 12.1. The largest absolute Gasteiger partial charge is 0.493 e. The summed E-state index contributed by atoms with van der Waals surface area (Å²) in [5, 5.41) is 21.1. The number of fused-ring (bicyclic) bond motifs is 2. The zero-order valence-corrected chi connectivity index (χ0v) is 36.5. The van der Waals surface area contributed by atoms with Crippen molar-refractivity contribution in [1.82, 2.24) is 34.9 Å². The fourth-order valence-corrected chi connectivity index (χ4v) is 8.63. The van der Waals surface area contributed by atoms with Crippen molar-refractivity contribution < 1.29 is 42.5 Å². The molecular formula is C46H56F2N8O7. The molecule has 2 aliphatic rings. The molecule has 2 fully saturated rings. The Morgan fingerprint density at radius 3 is 2.48 bits per heavy atom. The van der Waals surface area contributed by atoms with Crippen LogP contribution >= 0.6 is 0 Å². The van der Waals surface area contributed by atoms with Crippen molar-refractivity contribution in [3.63, 3.8) is 0 Å². The SMILES string of the molecule is COc1cc2c(N[C@H](C)c3cccc(C(F)(F)CO)c3)nc(C)nc2c(CCCCCCN2CCN(C(=O)COc3cccc4c(C5CCC(=O)NC5=O)nn(C)c34)CC2)c1OC. The standard InChI is InChI=1S/C46H56F2N8O7/c1-28(30-12-10-13-31(24-30)46(47,48)27-57)49-44-35-25-37(61-4)43(62-5)33(40(35)50-29(2)51-44)14-8-6-7-9-19-55-20-22-56(23-21-55)39(59)26-63-36-16-11-15-32-41(53-54(3)42(32)36)34-17-18-38(58)52-45(34)60/h10-13,15-16,24-25,28,34,57H,6-9,14,17-23,26-27H2,1-5H3,(H,49,50,51)(H,52,58,60)/t28-,34?/m1/s1. The first kappa shape index (κ1) is 45.1. The maximum Gasteiger partial charge on any atom is 0.295 e. The van der Waals surface area contributed by atoms with Crippen LogP contribution in [0.1, 0.15) is 85.6 Å². The number of nitrogens with one attached hydrogen (secondary N) is 2. The highest BCUT2D eigenvalue weighted by atomic mass is 19.3. The average Bonchev–Trinajstić information content (AvgIpc) is 3.62. The lowest BCUT2D eigenvalue weighted by atomic mass is 9.93. The van der Waals surface area contributed by atoms with Gasteiger partial charge in [-0.05, 0) is 69.8 Å². The highest BCUT2D eigenvalue weighted by molar-refractivity contribution is 6.03. The van der Waals surface area contributed by atoms with Gasteiger partial charge in [-0.15, -0.1) is 0 Å². The molecule has 2 saturated heterocycles. The van der Waals surface area contributed by atoms with Crippen LogP contribution in [0.15, 0.2) is 48.5 Å². The van der Waals surface area contributed by atoms with E-state index >= 15 is 0 Å². The van der Waals surface area contributed by atoms with E-state index < -0.39 is 24.5 Å². The number of unbranched alkanes of at least 4 members (excludes halogenated alkanes) is 3. The number of methoxy groups -OCH3 is 2. The number of rotatable bonds is 18. The Balaban J connectivity index is 0.896. The molecule has 0 saturated carbocycles. The van der Waals surface area contributed by atoms with Crippen molar-refractivity contribution in [2.24, 2.45) is 7.05 Å². The van der Waals surface area contributed by atoms with E-state index in [4.69, 9.17) is 24.2 Å². The molecule has 1 unspecified atom stereocenters. The zero-order valence-electron chi connectivity index (χ0n) is 36.5. The zero-order chi connectivity index (χ0) is 44.8. The molecule has 0 aliphatic carbocycles. The highest BCUT2D eigenvalue weighted by Gasteiger charge is 2.33. The number of piperazine rings is 1. The van der Waals surface area contributed by atoms with E-state index in [9.17, 15) is 28.3 Å². The number of hydrogen-bond donors (Lipinski definition) is 3. The van der Waals surface area contributed by atoms with Gasteiger partial charge in [0.05, 0.1) is 31.3 Å². The minimum Gasteiger partial charge on any atom is -0.493 e. The second-order valence-corrected chi connectivity index (χ2v) is 16.3. The summed E-state index contributed by atoms with van der Waals surface area (Å²) in [6.07, 6.45) is 5.25. The number of carbonyl (C=O) groups is 3. The molecule has 3 aromatic carbocycles. The number of aryl methyl sites for hydroxylation is 3. The number of aliphatic hydroxyl groups is 1. The molecule has 5 aromatic rings. The summed E-state index contributed by atoms with van der Waals surface area (Å²) in [5.41, 5.74) is 3.30. The molecular weight excluding hydrogens is 815 g/mol. The van der Waals surface area contributed by atoms with Crippen molar-refractivity contribution in [3.8, 4) is 17.2 Å². The summed E-state index contributed by atoms with van der Waals surface area (Å²) in [5.74, 6) is -1.83. The van der Waals surface area contributed by atoms with E-state index in [1.807, 2.05) is 36.9 Å². The van der Waals surface area contributed by atoms with Gasteiger partial charge in [0, 0.05) is 67.6 Å². The van der Waals surface area contributed by atoms with E-state index in [1.165, 1.54) is 12.1 Å². The van der Waals surface area contributed by atoms with E-state index in [-0.39, 0.29) is 36.3 Å². The molecule has 17 heteroatoms. The van der Waals surface area contributed by atoms with Crippen LogP contribution in [0.5, 0.6) is 17.2 Å². The lowest BCUT2D eigenvalue weighted by molar-refractivity contribution is -0.135. The van der Waals surface area contributed by atoms with Gasteiger partial charge in [0.1, 0.15) is 29.5 Å². The van der Waals surface area contributed by atoms with Crippen LogP contribution < -0.4 is 24.8 Å². The van der Waals surface area contributed by atoms with Gasteiger partial charge in [0.15, 0.2) is 18.1 Å². The molecule has 3 N–H and O–H groups in total. The van der Waals surface area contributed by atoms with Crippen molar-refractivity contribution in [2.75, 3.05) is 65.5 Å². The van der Waals surface area contributed by atoms with Gasteiger partial charge in [-0.2, -0.15) is 13.9 Å². The lowest BCUT2D eigenvalue weighted by Crippen LogP contribution is -2.50. The first-order valence-electron chi connectivity index (χ1n) is 21.5. The van der Waals surface area contributed by atoms with Gasteiger partial charge < -0.3 is 29.5 Å². The minimum atomic E-state index is -3.35. The Kier molecular flexibility index (Phi) is 14.0. The molecule has 7 rings (SSSR count). The van der Waals surface area contributed by atoms with E-state index in [0.29, 0.717) is 71.6 Å². The highest BCUT2D eigenvalue weighted by Crippen LogP contribution is 2.41. The normalized spacial score (nSPS) is 16.6. The fraction of sp³-hybridized carbons (Fsp3) is 0.478. The van der Waals surface area contributed by atoms with Gasteiger partial charge in [-0.3, -0.25) is 29.3 Å². The van der Waals surface area contributed by atoms with Crippen LogP contribution in [-0.2, 0) is 33.8 Å². The van der Waals surface area contributed by atoms with E-state index in [1.54, 1.807) is 44.1 Å². The molecule has 336 valence electrons. The molecule has 0 spiro atoms. The van der Waals surface area contributed by atoms with Gasteiger partial charge >= 0.3 is 0 Å². The molecule has 2 aliphatic heterocycles. The summed E-state index contributed by atoms with van der Waals surface area (Å²) >= 11 is 0. The first-order valence-corrected chi connectivity index (χ1v) is 21.5. The third-order valence-electron chi connectivity index (χ3n) is 12.1. The van der Waals surface area contributed by atoms with Gasteiger partial charge in [0.2, 0.25) is 11.8 Å². The number of imide groups is 1. The number of hydrogen-bond acceptors (Lipinski definition) is 12. The van der Waals surface area contributed by atoms with Gasteiger partial charge in [-0.1, -0.05) is 43.2 Å². The molecule has 3 amide bonds. The van der Waals surface area contributed by atoms with Crippen LogP contribution in [0.25, 0.3) is 21.8 Å². The topological polar surface area (TPSA) is 173 Å². The number of piperidine rings is 1. The Morgan fingerprint density at radius 1 is 0.984 bits per heavy atom. The van der Waals surface area contributed by atoms with Crippen LogP contribution in [0.3, 0.4) is 0 Å². The molecule has 0 bridgehead atoms. The number of ether oxygens (including phenoxy) is 3. The summed E-state index contributed by atoms with van der Waals surface area (Å²) in [6, 6.07) is 13.0. The molecule has 4 heterocycles. The molecule has 0 radical (unpaired) electrons. The van der Waals surface area contributed by atoms with Crippen LogP contribution in [0.4, 0.5) is 14.6 Å². The van der Waals surface area contributed by atoms with Crippen LogP contribution in [0, 0.1) is 6.92 Å². The van der Waals surface area contributed by atoms with Crippen molar-refractivity contribution in [2.45, 2.75) is 76.7 Å². The number of aromatic nitrogens is 4. The first-order chi connectivity index (χ1) is 30.3. The number of nitrogens with zero attached hydrogens (tertiary/aromatic N) is 6. The molecule has 2 atom stereocenters. The van der Waals surface area contributed by atoms with E-state index in [0.717, 1.165) is 67.2 Å². The average molecular weight is 871 g/mol. The Labute approximate surface area is 365 Å². The number of anilines is 1. The van der Waals surface area contributed by atoms with Crippen LogP contribution in [-0.4, -0.2) is 113 Å². The summed E-state index contributed by atoms with van der Waals surface area (Å²) in [7, 11) is 4.98. The molecule has 15 nitrogen and oxygen atoms in total. The smallest absolute Gasteiger partial charge is 0.295 e. The maximum absolute atomic E-state index is 14.3. The summed E-state index contributed by atoms with van der Waals surface area (Å²) in [4.78, 5) is 51.3. The summed E-state index contributed by atoms with van der Waals surface area (Å²) in [6.45, 7) is 6.01. The number of amides is 3. The van der Waals surface area contributed by atoms with Gasteiger partial charge in [-0.25, -0.2) is 9.97 Å². The minimum absolute atomic E-state index is 0.0889. The lowest BCUT2D eigenvalue weighted by Gasteiger charge is -2.34. The predicted octanol–water partition coefficient (Wildman–Crippen LogP) is 5.95. The van der Waals surface area contributed by atoms with Crippen molar-refractivity contribution in [3.05, 3.63) is 76.7 Å². The monoisotopic (exact) mass is 870 g/mol. The summed E-state index contributed by atoms with van der Waals surface area (Å²) < 4.78 is 48.0. The van der Waals surface area contributed by atoms with Crippen molar-refractivity contribution >= 4 is 45.3 Å². The number of halogens is 2. The number of benzene rings is 3. The second kappa shape index (κ2) is 19.6.